The number of hydrogen-bond donors (Lipinski definition) is 2. The SMILES string of the molecule is S=C1NC2CCCC[C@H]2N1. The maximum atomic E-state index is 5.01. The maximum Gasteiger partial charge on any atom is 0.166 e. The maximum absolute atomic E-state index is 5.01. The van der Waals surface area contributed by atoms with Gasteiger partial charge in [0.1, 0.15) is 0 Å². The largest absolute Gasteiger partial charge is 0.358 e. The summed E-state index contributed by atoms with van der Waals surface area (Å²) in [6.07, 6.45) is 5.30. The number of hydrogen-bond acceptors (Lipinski definition) is 1. The van der Waals surface area contributed by atoms with Crippen molar-refractivity contribution in [2.75, 3.05) is 0 Å². The van der Waals surface area contributed by atoms with E-state index in [0.29, 0.717) is 12.1 Å². The fourth-order valence-corrected chi connectivity index (χ4v) is 2.16. The second kappa shape index (κ2) is 2.38. The third-order valence-electron chi connectivity index (χ3n) is 2.40. The average molecular weight is 156 g/mol. The summed E-state index contributed by atoms with van der Waals surface area (Å²) in [5.74, 6) is 0. The van der Waals surface area contributed by atoms with Crippen molar-refractivity contribution >= 4 is 17.3 Å². The highest BCUT2D eigenvalue weighted by Crippen LogP contribution is 2.21. The molecule has 2 rings (SSSR count). The number of thiocarbonyl (C=S) groups is 1. The standard InChI is InChI=1S/C7H12N2S/c10-7-8-5-3-1-2-4-6(5)9-7/h5-6H,1-4H2,(H2,8,9,10)/t5-,6?/m1/s1. The van der Waals surface area contributed by atoms with Gasteiger partial charge in [0.25, 0.3) is 0 Å². The molecule has 1 saturated heterocycles. The van der Waals surface area contributed by atoms with Crippen molar-refractivity contribution in [2.24, 2.45) is 0 Å². The third kappa shape index (κ3) is 0.985. The molecule has 0 aromatic rings. The molecule has 1 heterocycles. The Labute approximate surface area is 66.4 Å². The van der Waals surface area contributed by atoms with Crippen LogP contribution in [0.3, 0.4) is 0 Å². The molecule has 2 aliphatic rings. The Morgan fingerprint density at radius 2 is 1.60 bits per heavy atom. The minimum absolute atomic E-state index is 0.640. The average Bonchev–Trinajstić information content (AvgIpc) is 2.27. The van der Waals surface area contributed by atoms with Crippen LogP contribution in [0.15, 0.2) is 0 Å². The molecular weight excluding hydrogens is 144 g/mol. The van der Waals surface area contributed by atoms with Crippen LogP contribution in [0.25, 0.3) is 0 Å². The van der Waals surface area contributed by atoms with E-state index in [1.54, 1.807) is 0 Å². The van der Waals surface area contributed by atoms with Crippen molar-refractivity contribution in [1.82, 2.24) is 10.6 Å². The van der Waals surface area contributed by atoms with Gasteiger partial charge in [0.2, 0.25) is 0 Å². The van der Waals surface area contributed by atoms with E-state index in [1.165, 1.54) is 25.7 Å². The lowest BCUT2D eigenvalue weighted by molar-refractivity contribution is 0.374. The van der Waals surface area contributed by atoms with Crippen LogP contribution in [-0.2, 0) is 0 Å². The third-order valence-corrected chi connectivity index (χ3v) is 2.63. The zero-order valence-corrected chi connectivity index (χ0v) is 6.71. The topological polar surface area (TPSA) is 24.1 Å². The fourth-order valence-electron chi connectivity index (χ4n) is 1.85. The molecule has 2 nitrogen and oxygen atoms in total. The first kappa shape index (κ1) is 6.40. The zero-order valence-electron chi connectivity index (χ0n) is 5.89. The number of fused-ring (bicyclic) bond motifs is 1. The molecule has 1 aliphatic carbocycles. The number of rotatable bonds is 0. The van der Waals surface area contributed by atoms with Crippen molar-refractivity contribution in [3.63, 3.8) is 0 Å². The zero-order chi connectivity index (χ0) is 6.97. The normalized spacial score (nSPS) is 38.2. The van der Waals surface area contributed by atoms with Gasteiger partial charge in [-0.05, 0) is 25.1 Å². The van der Waals surface area contributed by atoms with Crippen LogP contribution >= 0.6 is 12.2 Å². The van der Waals surface area contributed by atoms with Crippen molar-refractivity contribution in [2.45, 2.75) is 37.8 Å². The van der Waals surface area contributed by atoms with Gasteiger partial charge in [0, 0.05) is 12.1 Å². The molecule has 2 fully saturated rings. The Balaban J connectivity index is 2.04. The van der Waals surface area contributed by atoms with Gasteiger partial charge >= 0.3 is 0 Å². The molecule has 0 aromatic heterocycles. The molecule has 10 heavy (non-hydrogen) atoms. The predicted molar refractivity (Wildman–Crippen MR) is 44.9 cm³/mol. The van der Waals surface area contributed by atoms with Crippen LogP contribution < -0.4 is 10.6 Å². The lowest BCUT2D eigenvalue weighted by atomic mass is 9.92. The van der Waals surface area contributed by atoms with E-state index in [-0.39, 0.29) is 0 Å². The quantitative estimate of drug-likeness (QED) is 0.507. The molecule has 1 aliphatic heterocycles. The van der Waals surface area contributed by atoms with Gasteiger partial charge in [0.05, 0.1) is 0 Å². The Kier molecular flexibility index (Phi) is 1.52. The predicted octanol–water partition coefficient (Wildman–Crippen LogP) is 0.775. The van der Waals surface area contributed by atoms with Crippen molar-refractivity contribution in [3.8, 4) is 0 Å². The molecule has 1 saturated carbocycles. The summed E-state index contributed by atoms with van der Waals surface area (Å²) in [4.78, 5) is 0. The summed E-state index contributed by atoms with van der Waals surface area (Å²) in [6, 6.07) is 1.28. The van der Waals surface area contributed by atoms with Crippen molar-refractivity contribution in [1.29, 1.82) is 0 Å². The molecule has 0 spiro atoms. The first-order valence-electron chi connectivity index (χ1n) is 3.93. The van der Waals surface area contributed by atoms with Crippen LogP contribution in [0, 0.1) is 0 Å². The van der Waals surface area contributed by atoms with Gasteiger partial charge in [-0.15, -0.1) is 0 Å². The lowest BCUT2D eigenvalue weighted by Crippen LogP contribution is -2.36. The molecule has 0 radical (unpaired) electrons. The second-order valence-electron chi connectivity index (χ2n) is 3.12. The van der Waals surface area contributed by atoms with Gasteiger partial charge in [-0.3, -0.25) is 0 Å². The van der Waals surface area contributed by atoms with Gasteiger partial charge < -0.3 is 10.6 Å². The molecule has 1 unspecified atom stereocenters. The van der Waals surface area contributed by atoms with E-state index in [9.17, 15) is 0 Å². The molecule has 3 heteroatoms. The summed E-state index contributed by atoms with van der Waals surface area (Å²) in [7, 11) is 0. The minimum Gasteiger partial charge on any atom is -0.358 e. The Morgan fingerprint density at radius 1 is 1.10 bits per heavy atom. The van der Waals surface area contributed by atoms with Crippen LogP contribution in [0.5, 0.6) is 0 Å². The van der Waals surface area contributed by atoms with E-state index in [4.69, 9.17) is 12.2 Å². The van der Waals surface area contributed by atoms with E-state index >= 15 is 0 Å². The van der Waals surface area contributed by atoms with E-state index in [0.717, 1.165) is 5.11 Å². The Bertz CT molecular complexity index is 142. The number of nitrogens with one attached hydrogen (secondary N) is 2. The van der Waals surface area contributed by atoms with Gasteiger partial charge in [0.15, 0.2) is 5.11 Å². The van der Waals surface area contributed by atoms with Crippen molar-refractivity contribution < 1.29 is 0 Å². The van der Waals surface area contributed by atoms with Crippen LogP contribution in [-0.4, -0.2) is 17.2 Å². The van der Waals surface area contributed by atoms with Crippen LogP contribution in [0.2, 0.25) is 0 Å². The summed E-state index contributed by atoms with van der Waals surface area (Å²) < 4.78 is 0. The van der Waals surface area contributed by atoms with E-state index < -0.39 is 0 Å². The first-order chi connectivity index (χ1) is 4.86. The van der Waals surface area contributed by atoms with Gasteiger partial charge in [-0.25, -0.2) is 0 Å². The first-order valence-corrected chi connectivity index (χ1v) is 4.34. The highest BCUT2D eigenvalue weighted by Gasteiger charge is 2.30. The molecule has 0 amide bonds. The molecule has 2 N–H and O–H groups in total. The summed E-state index contributed by atoms with van der Waals surface area (Å²) >= 11 is 5.01. The highest BCUT2D eigenvalue weighted by molar-refractivity contribution is 7.80. The molecular formula is C7H12N2S. The smallest absolute Gasteiger partial charge is 0.166 e. The summed E-state index contributed by atoms with van der Waals surface area (Å²) in [6.45, 7) is 0. The molecule has 2 atom stereocenters. The monoisotopic (exact) mass is 156 g/mol. The highest BCUT2D eigenvalue weighted by atomic mass is 32.1. The van der Waals surface area contributed by atoms with E-state index in [2.05, 4.69) is 10.6 Å². The summed E-state index contributed by atoms with van der Waals surface area (Å²) in [5.41, 5.74) is 0. The Hall–Kier alpha value is -0.310. The molecule has 0 bridgehead atoms. The van der Waals surface area contributed by atoms with Gasteiger partial charge in [-0.2, -0.15) is 0 Å². The summed E-state index contributed by atoms with van der Waals surface area (Å²) in [5, 5.41) is 7.41. The molecule has 0 aromatic carbocycles. The van der Waals surface area contributed by atoms with Crippen molar-refractivity contribution in [3.05, 3.63) is 0 Å². The van der Waals surface area contributed by atoms with Gasteiger partial charge in [-0.1, -0.05) is 12.8 Å². The minimum atomic E-state index is 0.640. The fraction of sp³-hybridized carbons (Fsp3) is 0.857. The molecule has 56 valence electrons. The Morgan fingerprint density at radius 3 is 2.10 bits per heavy atom. The lowest BCUT2D eigenvalue weighted by Gasteiger charge is -2.23. The van der Waals surface area contributed by atoms with E-state index in [1.807, 2.05) is 0 Å². The van der Waals surface area contributed by atoms with Crippen LogP contribution in [0.1, 0.15) is 25.7 Å². The second-order valence-corrected chi connectivity index (χ2v) is 3.52. The van der Waals surface area contributed by atoms with Crippen LogP contribution in [0.4, 0.5) is 0 Å².